The van der Waals surface area contributed by atoms with Gasteiger partial charge in [0.2, 0.25) is 11.8 Å². The highest BCUT2D eigenvalue weighted by molar-refractivity contribution is 5.79. The molecule has 0 N–H and O–H groups in total. The summed E-state index contributed by atoms with van der Waals surface area (Å²) in [5.74, 6) is 1.91. The molecule has 1 aliphatic heterocycles. The van der Waals surface area contributed by atoms with Crippen LogP contribution < -0.4 is 4.74 Å². The highest BCUT2D eigenvalue weighted by Gasteiger charge is 2.28. The third-order valence-electron chi connectivity index (χ3n) is 3.96. The maximum Gasteiger partial charge on any atom is 0.246 e. The highest BCUT2D eigenvalue weighted by Crippen LogP contribution is 2.27. The molecule has 0 unspecified atom stereocenters. The van der Waals surface area contributed by atoms with Crippen LogP contribution in [0.5, 0.6) is 5.75 Å². The minimum Gasteiger partial charge on any atom is -0.492 e. The summed E-state index contributed by atoms with van der Waals surface area (Å²) in [6.45, 7) is 2.80. The number of ether oxygens (including phenoxy) is 1. The van der Waals surface area contributed by atoms with Crippen molar-refractivity contribution in [2.45, 2.75) is 32.7 Å². The Balaban J connectivity index is 1.61. The number of carbonyl (C=O) groups excluding carboxylic acids is 1. The van der Waals surface area contributed by atoms with Gasteiger partial charge in [0, 0.05) is 13.5 Å². The van der Waals surface area contributed by atoms with Crippen LogP contribution in [0.1, 0.15) is 30.6 Å². The van der Waals surface area contributed by atoms with E-state index in [1.807, 2.05) is 24.3 Å². The lowest BCUT2D eigenvalue weighted by Gasteiger charge is -2.27. The standard InChI is InChI=1S/C17H21N3O3/c1-3-6-15-18-16(23-19-15)10-20(2)17(21)13-9-12-7-4-5-8-14(12)22-11-13/h4-5,7-8,13H,3,6,9-11H2,1-2H3/t13-/m1/s1. The van der Waals surface area contributed by atoms with Gasteiger partial charge < -0.3 is 14.2 Å². The van der Waals surface area contributed by atoms with Crippen LogP contribution in [0.2, 0.25) is 0 Å². The first-order valence-corrected chi connectivity index (χ1v) is 7.94. The predicted octanol–water partition coefficient (Wildman–Crippen LogP) is 2.23. The fourth-order valence-electron chi connectivity index (χ4n) is 2.76. The molecule has 0 aliphatic carbocycles. The van der Waals surface area contributed by atoms with Gasteiger partial charge in [-0.05, 0) is 24.5 Å². The number of fused-ring (bicyclic) bond motifs is 1. The average molecular weight is 315 g/mol. The van der Waals surface area contributed by atoms with Crippen LogP contribution >= 0.6 is 0 Å². The summed E-state index contributed by atoms with van der Waals surface area (Å²) < 4.78 is 10.9. The van der Waals surface area contributed by atoms with Crippen LogP contribution in [0.4, 0.5) is 0 Å². The third kappa shape index (κ3) is 3.52. The zero-order chi connectivity index (χ0) is 16.2. The summed E-state index contributed by atoms with van der Waals surface area (Å²) in [5, 5.41) is 3.91. The van der Waals surface area contributed by atoms with Crippen LogP contribution in [0.3, 0.4) is 0 Å². The number of benzene rings is 1. The molecule has 6 nitrogen and oxygen atoms in total. The topological polar surface area (TPSA) is 68.5 Å². The average Bonchev–Trinajstić information content (AvgIpc) is 3.01. The first-order valence-electron chi connectivity index (χ1n) is 7.94. The van der Waals surface area contributed by atoms with Gasteiger partial charge in [0.15, 0.2) is 5.82 Å². The quantitative estimate of drug-likeness (QED) is 0.846. The number of hydrogen-bond acceptors (Lipinski definition) is 5. The second-order valence-electron chi connectivity index (χ2n) is 5.87. The number of hydrogen-bond donors (Lipinski definition) is 0. The Hall–Kier alpha value is -2.37. The van der Waals surface area contributed by atoms with Gasteiger partial charge >= 0.3 is 0 Å². The molecule has 1 aromatic carbocycles. The van der Waals surface area contributed by atoms with E-state index in [1.165, 1.54) is 0 Å². The normalized spacial score (nSPS) is 16.5. The molecule has 1 aliphatic rings. The third-order valence-corrected chi connectivity index (χ3v) is 3.96. The van der Waals surface area contributed by atoms with E-state index in [0.29, 0.717) is 31.3 Å². The maximum atomic E-state index is 12.6. The van der Waals surface area contributed by atoms with E-state index in [1.54, 1.807) is 11.9 Å². The van der Waals surface area contributed by atoms with Crippen molar-refractivity contribution in [2.75, 3.05) is 13.7 Å². The van der Waals surface area contributed by atoms with E-state index in [4.69, 9.17) is 9.26 Å². The van der Waals surface area contributed by atoms with Gasteiger partial charge in [-0.1, -0.05) is 30.3 Å². The fraction of sp³-hybridized carbons (Fsp3) is 0.471. The number of aromatic nitrogens is 2. The molecule has 1 aromatic heterocycles. The molecule has 1 amide bonds. The minimum absolute atomic E-state index is 0.0368. The van der Waals surface area contributed by atoms with Crippen molar-refractivity contribution in [3.05, 3.63) is 41.5 Å². The van der Waals surface area contributed by atoms with Crippen molar-refractivity contribution >= 4 is 5.91 Å². The molecule has 2 heterocycles. The van der Waals surface area contributed by atoms with Gasteiger partial charge in [-0.2, -0.15) is 4.98 Å². The monoisotopic (exact) mass is 315 g/mol. The molecule has 0 spiro atoms. The molecular formula is C17H21N3O3. The molecule has 0 bridgehead atoms. The SMILES string of the molecule is CCCc1noc(CN(C)C(=O)[C@H]2COc3ccccc3C2)n1. The molecule has 0 saturated heterocycles. The van der Waals surface area contributed by atoms with Crippen molar-refractivity contribution in [3.63, 3.8) is 0 Å². The van der Waals surface area contributed by atoms with E-state index < -0.39 is 0 Å². The van der Waals surface area contributed by atoms with E-state index in [9.17, 15) is 4.79 Å². The van der Waals surface area contributed by atoms with Gasteiger partial charge in [0.25, 0.3) is 0 Å². The van der Waals surface area contributed by atoms with Gasteiger partial charge in [-0.15, -0.1) is 0 Å². The lowest BCUT2D eigenvalue weighted by atomic mass is 9.95. The Bertz CT molecular complexity index is 683. The highest BCUT2D eigenvalue weighted by atomic mass is 16.5. The summed E-state index contributed by atoms with van der Waals surface area (Å²) >= 11 is 0. The van der Waals surface area contributed by atoms with Gasteiger partial charge in [-0.3, -0.25) is 4.79 Å². The molecule has 2 aromatic rings. The Morgan fingerprint density at radius 3 is 3.04 bits per heavy atom. The Kier molecular flexibility index (Phi) is 4.60. The maximum absolute atomic E-state index is 12.6. The molecule has 0 fully saturated rings. The second kappa shape index (κ2) is 6.81. The first kappa shape index (κ1) is 15.5. The number of aryl methyl sites for hydroxylation is 1. The van der Waals surface area contributed by atoms with E-state index in [0.717, 1.165) is 24.2 Å². The van der Waals surface area contributed by atoms with Gasteiger partial charge in [0.1, 0.15) is 12.4 Å². The Morgan fingerprint density at radius 2 is 2.22 bits per heavy atom. The van der Waals surface area contributed by atoms with Gasteiger partial charge in [-0.25, -0.2) is 0 Å². The molecule has 6 heteroatoms. The van der Waals surface area contributed by atoms with Crippen molar-refractivity contribution in [1.82, 2.24) is 15.0 Å². The van der Waals surface area contributed by atoms with Crippen LogP contribution in [-0.2, 0) is 24.2 Å². The second-order valence-corrected chi connectivity index (χ2v) is 5.87. The lowest BCUT2D eigenvalue weighted by molar-refractivity contribution is -0.136. The van der Waals surface area contributed by atoms with Crippen LogP contribution in [0, 0.1) is 5.92 Å². The Morgan fingerprint density at radius 1 is 1.39 bits per heavy atom. The molecular weight excluding hydrogens is 294 g/mol. The summed E-state index contributed by atoms with van der Waals surface area (Å²) in [5.41, 5.74) is 1.08. The van der Waals surface area contributed by atoms with Crippen molar-refractivity contribution in [3.8, 4) is 5.75 Å². The predicted molar refractivity (Wildman–Crippen MR) is 83.9 cm³/mol. The van der Waals surface area contributed by atoms with Gasteiger partial charge in [0.05, 0.1) is 12.5 Å². The number of nitrogens with zero attached hydrogens (tertiary/aromatic N) is 3. The molecule has 0 saturated carbocycles. The van der Waals surface area contributed by atoms with Crippen molar-refractivity contribution in [1.29, 1.82) is 0 Å². The number of para-hydroxylation sites is 1. The smallest absolute Gasteiger partial charge is 0.246 e. The molecule has 1 atom stereocenters. The number of amides is 1. The minimum atomic E-state index is -0.173. The zero-order valence-corrected chi connectivity index (χ0v) is 13.5. The van der Waals surface area contributed by atoms with Crippen LogP contribution in [0.15, 0.2) is 28.8 Å². The molecule has 23 heavy (non-hydrogen) atoms. The largest absolute Gasteiger partial charge is 0.492 e. The summed E-state index contributed by atoms with van der Waals surface area (Å²) in [7, 11) is 1.76. The van der Waals surface area contributed by atoms with Crippen molar-refractivity contribution in [2.24, 2.45) is 5.92 Å². The lowest BCUT2D eigenvalue weighted by Crippen LogP contribution is -2.38. The van der Waals surface area contributed by atoms with E-state index in [2.05, 4.69) is 17.1 Å². The van der Waals surface area contributed by atoms with E-state index >= 15 is 0 Å². The first-order chi connectivity index (χ1) is 11.2. The zero-order valence-electron chi connectivity index (χ0n) is 13.5. The number of carbonyl (C=O) groups is 1. The summed E-state index contributed by atoms with van der Waals surface area (Å²) in [6.07, 6.45) is 2.45. The van der Waals surface area contributed by atoms with Crippen molar-refractivity contribution < 1.29 is 14.1 Å². The molecule has 122 valence electrons. The summed E-state index contributed by atoms with van der Waals surface area (Å²) in [4.78, 5) is 18.5. The van der Waals surface area contributed by atoms with Crippen LogP contribution in [0.25, 0.3) is 0 Å². The summed E-state index contributed by atoms with van der Waals surface area (Å²) in [6, 6.07) is 7.85. The Labute approximate surface area is 135 Å². The molecule has 0 radical (unpaired) electrons. The molecule has 3 rings (SSSR count). The number of rotatable bonds is 5. The fourth-order valence-corrected chi connectivity index (χ4v) is 2.76. The van der Waals surface area contributed by atoms with Crippen LogP contribution in [-0.4, -0.2) is 34.6 Å². The van der Waals surface area contributed by atoms with E-state index in [-0.39, 0.29) is 11.8 Å².